The van der Waals surface area contributed by atoms with Crippen LogP contribution in [0.2, 0.25) is 0 Å². The first-order valence-corrected chi connectivity index (χ1v) is 8.69. The van der Waals surface area contributed by atoms with E-state index in [-0.39, 0.29) is 4.75 Å². The number of aryl methyl sites for hydroxylation is 1. The van der Waals surface area contributed by atoms with Crippen LogP contribution in [0, 0.1) is 0 Å². The van der Waals surface area contributed by atoms with Crippen LogP contribution in [-0.4, -0.2) is 40.0 Å². The van der Waals surface area contributed by atoms with Crippen LogP contribution in [0.1, 0.15) is 30.9 Å². The summed E-state index contributed by atoms with van der Waals surface area (Å²) in [4.78, 5) is 2.44. The Hall–Kier alpha value is -1.20. The second-order valence-electron chi connectivity index (χ2n) is 5.63. The molecule has 3 N–H and O–H groups in total. The average molecular weight is 307 g/mol. The molecule has 0 aromatic heterocycles. The maximum atomic E-state index is 8.97. The zero-order valence-corrected chi connectivity index (χ0v) is 13.7. The SMILES string of the molecule is CCc1ccc(CN2CCC(SC)(C(N)=NO)CC2)cc1. The number of hydrogen-bond acceptors (Lipinski definition) is 4. The highest BCUT2D eigenvalue weighted by Crippen LogP contribution is 2.35. The van der Waals surface area contributed by atoms with Gasteiger partial charge in [-0.05, 0) is 36.6 Å². The van der Waals surface area contributed by atoms with Gasteiger partial charge in [0, 0.05) is 19.6 Å². The summed E-state index contributed by atoms with van der Waals surface area (Å²) in [6, 6.07) is 8.86. The average Bonchev–Trinajstić information content (AvgIpc) is 2.55. The molecule has 1 heterocycles. The van der Waals surface area contributed by atoms with E-state index in [2.05, 4.69) is 41.2 Å². The molecule has 1 saturated heterocycles. The number of hydrogen-bond donors (Lipinski definition) is 2. The second-order valence-corrected chi connectivity index (χ2v) is 6.82. The predicted octanol–water partition coefficient (Wildman–Crippen LogP) is 2.69. The molecule has 0 saturated carbocycles. The molecule has 2 rings (SSSR count). The van der Waals surface area contributed by atoms with Crippen molar-refractivity contribution in [3.05, 3.63) is 35.4 Å². The standard InChI is InChI=1S/C16H25N3OS/c1-3-13-4-6-14(7-5-13)12-19-10-8-16(21-2,9-11-19)15(17)18-20/h4-7,20H,3,8-12H2,1-2H3,(H2,17,18). The molecule has 0 radical (unpaired) electrons. The van der Waals surface area contributed by atoms with Gasteiger partial charge in [0.1, 0.15) is 0 Å². The van der Waals surface area contributed by atoms with E-state index in [0.717, 1.165) is 38.9 Å². The fraction of sp³-hybridized carbons (Fsp3) is 0.562. The monoisotopic (exact) mass is 307 g/mol. The van der Waals surface area contributed by atoms with Gasteiger partial charge < -0.3 is 10.9 Å². The van der Waals surface area contributed by atoms with Crippen LogP contribution < -0.4 is 5.73 Å². The largest absolute Gasteiger partial charge is 0.409 e. The molecule has 4 nitrogen and oxygen atoms in total. The van der Waals surface area contributed by atoms with Crippen LogP contribution in [0.15, 0.2) is 29.4 Å². The van der Waals surface area contributed by atoms with Gasteiger partial charge in [0.05, 0.1) is 4.75 Å². The minimum atomic E-state index is -0.197. The summed E-state index contributed by atoms with van der Waals surface area (Å²) in [6.07, 6.45) is 4.98. The van der Waals surface area contributed by atoms with E-state index in [1.54, 1.807) is 11.8 Å². The maximum absolute atomic E-state index is 8.97. The molecule has 1 aromatic carbocycles. The van der Waals surface area contributed by atoms with E-state index >= 15 is 0 Å². The first-order valence-electron chi connectivity index (χ1n) is 7.47. The molecule has 0 atom stereocenters. The first kappa shape index (κ1) is 16.2. The Morgan fingerprint density at radius 1 is 1.29 bits per heavy atom. The Morgan fingerprint density at radius 2 is 1.86 bits per heavy atom. The molecule has 0 unspecified atom stereocenters. The van der Waals surface area contributed by atoms with Crippen LogP contribution in [-0.2, 0) is 13.0 Å². The molecule has 1 aliphatic heterocycles. The van der Waals surface area contributed by atoms with Gasteiger partial charge in [-0.25, -0.2) is 0 Å². The topological polar surface area (TPSA) is 61.8 Å². The Bertz CT molecular complexity index is 479. The van der Waals surface area contributed by atoms with Gasteiger partial charge in [0.15, 0.2) is 5.84 Å². The van der Waals surface area contributed by atoms with Crippen molar-refractivity contribution in [3.8, 4) is 0 Å². The first-order chi connectivity index (χ1) is 10.1. The molecular formula is C16H25N3OS. The molecule has 0 spiro atoms. The van der Waals surface area contributed by atoms with Gasteiger partial charge in [-0.3, -0.25) is 4.90 Å². The number of likely N-dealkylation sites (tertiary alicyclic amines) is 1. The number of nitrogens with zero attached hydrogens (tertiary/aromatic N) is 2. The lowest BCUT2D eigenvalue weighted by atomic mass is 9.94. The van der Waals surface area contributed by atoms with Crippen molar-refractivity contribution in [1.29, 1.82) is 0 Å². The molecule has 116 valence electrons. The quantitative estimate of drug-likeness (QED) is 0.380. The van der Waals surface area contributed by atoms with Crippen molar-refractivity contribution in [2.45, 2.75) is 37.5 Å². The number of thioether (sulfide) groups is 1. The normalized spacial score (nSPS) is 19.6. The Kier molecular flexibility index (Phi) is 5.53. The summed E-state index contributed by atoms with van der Waals surface area (Å²) >= 11 is 1.70. The van der Waals surface area contributed by atoms with Gasteiger partial charge in [-0.15, -0.1) is 0 Å². The fourth-order valence-corrected chi connectivity index (χ4v) is 3.71. The maximum Gasteiger partial charge on any atom is 0.155 e. The molecule has 1 fully saturated rings. The Balaban J connectivity index is 1.94. The number of nitrogens with two attached hydrogens (primary N) is 1. The van der Waals surface area contributed by atoms with E-state index in [9.17, 15) is 0 Å². The van der Waals surface area contributed by atoms with E-state index in [1.165, 1.54) is 11.1 Å². The van der Waals surface area contributed by atoms with Gasteiger partial charge in [0.2, 0.25) is 0 Å². The minimum Gasteiger partial charge on any atom is -0.409 e. The van der Waals surface area contributed by atoms with Gasteiger partial charge in [0.25, 0.3) is 0 Å². The third kappa shape index (κ3) is 3.71. The van der Waals surface area contributed by atoms with Gasteiger partial charge >= 0.3 is 0 Å². The van der Waals surface area contributed by atoms with Crippen LogP contribution in [0.25, 0.3) is 0 Å². The summed E-state index contributed by atoms with van der Waals surface area (Å²) < 4.78 is -0.197. The van der Waals surface area contributed by atoms with Crippen LogP contribution >= 0.6 is 11.8 Å². The van der Waals surface area contributed by atoms with Gasteiger partial charge in [-0.2, -0.15) is 11.8 Å². The van der Waals surface area contributed by atoms with Crippen LogP contribution in [0.3, 0.4) is 0 Å². The summed E-state index contributed by atoms with van der Waals surface area (Å²) in [6.45, 7) is 5.11. The van der Waals surface area contributed by atoms with Crippen molar-refractivity contribution < 1.29 is 5.21 Å². The number of oxime groups is 1. The number of piperidine rings is 1. The zero-order valence-electron chi connectivity index (χ0n) is 12.9. The highest BCUT2D eigenvalue weighted by atomic mass is 32.2. The van der Waals surface area contributed by atoms with Crippen molar-refractivity contribution >= 4 is 17.6 Å². The van der Waals surface area contributed by atoms with Gasteiger partial charge in [-0.1, -0.05) is 36.3 Å². The van der Waals surface area contributed by atoms with Crippen molar-refractivity contribution in [3.63, 3.8) is 0 Å². The molecule has 0 amide bonds. The fourth-order valence-electron chi connectivity index (χ4n) is 2.87. The molecule has 1 aliphatic rings. The highest BCUT2D eigenvalue weighted by molar-refractivity contribution is 8.00. The lowest BCUT2D eigenvalue weighted by molar-refractivity contribution is 0.209. The molecule has 21 heavy (non-hydrogen) atoms. The molecule has 0 aliphatic carbocycles. The van der Waals surface area contributed by atoms with Crippen molar-refractivity contribution in [2.24, 2.45) is 10.9 Å². The number of amidine groups is 1. The van der Waals surface area contributed by atoms with E-state index in [1.807, 2.05) is 6.26 Å². The van der Waals surface area contributed by atoms with Crippen LogP contribution in [0.5, 0.6) is 0 Å². The predicted molar refractivity (Wildman–Crippen MR) is 90.0 cm³/mol. The summed E-state index contributed by atoms with van der Waals surface area (Å²) in [5.74, 6) is 0.363. The second kappa shape index (κ2) is 7.18. The van der Waals surface area contributed by atoms with Crippen LogP contribution in [0.4, 0.5) is 0 Å². The van der Waals surface area contributed by atoms with Crippen molar-refractivity contribution in [2.75, 3.05) is 19.3 Å². The summed E-state index contributed by atoms with van der Waals surface area (Å²) in [5.41, 5.74) is 8.62. The molecule has 1 aromatic rings. The summed E-state index contributed by atoms with van der Waals surface area (Å²) in [7, 11) is 0. The number of rotatable bonds is 5. The van der Waals surface area contributed by atoms with E-state index in [0.29, 0.717) is 5.84 Å². The third-order valence-corrected chi connectivity index (χ3v) is 5.87. The lowest BCUT2D eigenvalue weighted by Crippen LogP contribution is -2.49. The molecular weight excluding hydrogens is 282 g/mol. The smallest absolute Gasteiger partial charge is 0.155 e. The van der Waals surface area contributed by atoms with E-state index in [4.69, 9.17) is 10.9 Å². The summed E-state index contributed by atoms with van der Waals surface area (Å²) in [5, 5.41) is 12.2. The minimum absolute atomic E-state index is 0.197. The number of benzene rings is 1. The Labute approximate surface area is 131 Å². The zero-order chi connectivity index (χ0) is 15.3. The highest BCUT2D eigenvalue weighted by Gasteiger charge is 2.38. The molecule has 0 bridgehead atoms. The molecule has 5 heteroatoms. The lowest BCUT2D eigenvalue weighted by Gasteiger charge is -2.39. The third-order valence-electron chi connectivity index (χ3n) is 4.47. The Morgan fingerprint density at radius 3 is 2.33 bits per heavy atom. The van der Waals surface area contributed by atoms with E-state index < -0.39 is 0 Å². The van der Waals surface area contributed by atoms with Crippen molar-refractivity contribution in [1.82, 2.24) is 4.90 Å².